The summed E-state index contributed by atoms with van der Waals surface area (Å²) in [7, 11) is 0. The van der Waals surface area contributed by atoms with E-state index in [1.54, 1.807) is 20.8 Å². The molecule has 3 N–H and O–H groups in total. The molecule has 90 valence electrons. The van der Waals surface area contributed by atoms with Gasteiger partial charge in [-0.3, -0.25) is 14.9 Å². The van der Waals surface area contributed by atoms with Crippen molar-refractivity contribution in [3.8, 4) is 0 Å². The highest BCUT2D eigenvalue weighted by Crippen LogP contribution is 2.06. The summed E-state index contributed by atoms with van der Waals surface area (Å²) in [6.07, 6.45) is -1.83. The fraction of sp³-hybridized carbons (Fsp3) is 0.667. The van der Waals surface area contributed by atoms with Crippen molar-refractivity contribution in [3.63, 3.8) is 0 Å². The van der Waals surface area contributed by atoms with E-state index in [-0.39, 0.29) is 12.5 Å². The van der Waals surface area contributed by atoms with Crippen molar-refractivity contribution in [2.75, 3.05) is 6.54 Å². The van der Waals surface area contributed by atoms with E-state index in [9.17, 15) is 14.4 Å². The summed E-state index contributed by atoms with van der Waals surface area (Å²) < 4.78 is 4.94. The Morgan fingerprint density at radius 3 is 2.62 bits per heavy atom. The molecular formula is C9H15N3O4. The van der Waals surface area contributed by atoms with Gasteiger partial charge in [-0.2, -0.15) is 0 Å². The summed E-state index contributed by atoms with van der Waals surface area (Å²) in [5, 5.41) is 6.90. The average molecular weight is 229 g/mol. The van der Waals surface area contributed by atoms with Gasteiger partial charge in [-0.15, -0.1) is 0 Å². The van der Waals surface area contributed by atoms with Crippen LogP contribution in [0, 0.1) is 0 Å². The smallest absolute Gasteiger partial charge is 0.409 e. The van der Waals surface area contributed by atoms with Crippen LogP contribution in [0.1, 0.15) is 20.8 Å². The molecule has 7 heteroatoms. The molecule has 3 amide bonds. The number of hydrogen-bond acceptors (Lipinski definition) is 4. The standard InChI is InChI=1S/C9H15N3O4/c1-9(2,3)16-8(15)12-6-7(14)10-4-5(13)11-6/h6H,4H2,1-3H3,(H,10,14)(H,11,13)(H,12,15)/t6-/m1/s1. The Morgan fingerprint density at radius 1 is 1.44 bits per heavy atom. The maximum Gasteiger partial charge on any atom is 0.409 e. The van der Waals surface area contributed by atoms with Gasteiger partial charge < -0.3 is 15.4 Å². The van der Waals surface area contributed by atoms with Crippen LogP contribution in [-0.4, -0.2) is 36.2 Å². The third-order valence-electron chi connectivity index (χ3n) is 1.65. The van der Waals surface area contributed by atoms with Crippen molar-refractivity contribution in [1.29, 1.82) is 0 Å². The molecule has 1 aliphatic heterocycles. The Balaban J connectivity index is 2.49. The second-order valence-electron chi connectivity index (χ2n) is 4.36. The first kappa shape index (κ1) is 12.3. The Kier molecular flexibility index (Phi) is 3.36. The molecule has 0 bridgehead atoms. The van der Waals surface area contributed by atoms with Crippen molar-refractivity contribution in [2.24, 2.45) is 0 Å². The number of amides is 3. The Hall–Kier alpha value is -1.79. The number of hydrogen-bond donors (Lipinski definition) is 3. The van der Waals surface area contributed by atoms with Crippen LogP contribution < -0.4 is 16.0 Å². The van der Waals surface area contributed by atoms with Crippen molar-refractivity contribution >= 4 is 17.9 Å². The lowest BCUT2D eigenvalue weighted by Gasteiger charge is -2.26. The van der Waals surface area contributed by atoms with Crippen LogP contribution in [0.25, 0.3) is 0 Å². The van der Waals surface area contributed by atoms with E-state index in [0.29, 0.717) is 0 Å². The van der Waals surface area contributed by atoms with Crippen molar-refractivity contribution < 1.29 is 19.1 Å². The number of piperazine rings is 1. The highest BCUT2D eigenvalue weighted by molar-refractivity contribution is 5.96. The molecule has 0 saturated carbocycles. The molecule has 0 aromatic heterocycles. The average Bonchev–Trinajstić information content (AvgIpc) is 2.08. The van der Waals surface area contributed by atoms with Crippen LogP contribution in [0.2, 0.25) is 0 Å². The number of carbonyl (C=O) groups excluding carboxylic acids is 3. The second kappa shape index (κ2) is 4.38. The molecule has 0 aromatic rings. The third-order valence-corrected chi connectivity index (χ3v) is 1.65. The first-order valence-corrected chi connectivity index (χ1v) is 4.84. The molecule has 0 spiro atoms. The topological polar surface area (TPSA) is 96.5 Å². The van der Waals surface area contributed by atoms with E-state index in [4.69, 9.17) is 4.74 Å². The Bertz CT molecular complexity index is 321. The maximum atomic E-state index is 11.3. The van der Waals surface area contributed by atoms with Gasteiger partial charge in [-0.05, 0) is 20.8 Å². The molecule has 0 radical (unpaired) electrons. The van der Waals surface area contributed by atoms with E-state index in [0.717, 1.165) is 0 Å². The monoisotopic (exact) mass is 229 g/mol. The van der Waals surface area contributed by atoms with E-state index in [2.05, 4.69) is 16.0 Å². The van der Waals surface area contributed by atoms with Crippen LogP contribution in [0.4, 0.5) is 4.79 Å². The van der Waals surface area contributed by atoms with Crippen molar-refractivity contribution in [1.82, 2.24) is 16.0 Å². The zero-order valence-electron chi connectivity index (χ0n) is 9.42. The first-order valence-electron chi connectivity index (χ1n) is 4.84. The van der Waals surface area contributed by atoms with Gasteiger partial charge >= 0.3 is 6.09 Å². The summed E-state index contributed by atoms with van der Waals surface area (Å²) in [5.41, 5.74) is -0.654. The Labute approximate surface area is 92.9 Å². The lowest BCUT2D eigenvalue weighted by molar-refractivity contribution is -0.134. The van der Waals surface area contributed by atoms with Crippen molar-refractivity contribution in [2.45, 2.75) is 32.5 Å². The van der Waals surface area contributed by atoms with Crippen LogP contribution in [0.3, 0.4) is 0 Å². The van der Waals surface area contributed by atoms with Gasteiger partial charge in [0.1, 0.15) is 5.60 Å². The van der Waals surface area contributed by atoms with E-state index < -0.39 is 23.8 Å². The molecule has 1 aliphatic rings. The fourth-order valence-corrected chi connectivity index (χ4v) is 1.07. The maximum absolute atomic E-state index is 11.3. The molecular weight excluding hydrogens is 214 g/mol. The number of alkyl carbamates (subject to hydrolysis) is 1. The SMILES string of the molecule is CC(C)(C)OC(=O)N[C@H]1NC(=O)CNC1=O. The third kappa shape index (κ3) is 3.76. The van der Waals surface area contributed by atoms with Crippen LogP contribution >= 0.6 is 0 Å². The molecule has 16 heavy (non-hydrogen) atoms. The van der Waals surface area contributed by atoms with E-state index in [1.165, 1.54) is 0 Å². The number of ether oxygens (including phenoxy) is 1. The quantitative estimate of drug-likeness (QED) is 0.542. The van der Waals surface area contributed by atoms with E-state index in [1.807, 2.05) is 0 Å². The summed E-state index contributed by atoms with van der Waals surface area (Å²) in [5.74, 6) is -0.828. The predicted molar refractivity (Wildman–Crippen MR) is 54.3 cm³/mol. The molecule has 1 atom stereocenters. The molecule has 7 nitrogen and oxygen atoms in total. The fourth-order valence-electron chi connectivity index (χ4n) is 1.07. The lowest BCUT2D eigenvalue weighted by Crippen LogP contribution is -2.63. The zero-order valence-corrected chi connectivity index (χ0v) is 9.42. The molecule has 0 aromatic carbocycles. The number of carbonyl (C=O) groups is 3. The summed E-state index contributed by atoms with van der Waals surface area (Å²) in [6, 6.07) is 0. The molecule has 1 heterocycles. The van der Waals surface area contributed by atoms with Gasteiger partial charge in [0.05, 0.1) is 6.54 Å². The summed E-state index contributed by atoms with van der Waals surface area (Å²) in [4.78, 5) is 33.5. The lowest BCUT2D eigenvalue weighted by atomic mass is 10.2. The minimum absolute atomic E-state index is 0.0780. The largest absolute Gasteiger partial charge is 0.444 e. The molecule has 0 unspecified atom stereocenters. The van der Waals surface area contributed by atoms with Crippen molar-refractivity contribution in [3.05, 3.63) is 0 Å². The van der Waals surface area contributed by atoms with Gasteiger partial charge in [-0.1, -0.05) is 0 Å². The van der Waals surface area contributed by atoms with Crippen LogP contribution in [0.15, 0.2) is 0 Å². The van der Waals surface area contributed by atoms with Gasteiger partial charge in [0, 0.05) is 0 Å². The molecule has 1 saturated heterocycles. The highest BCUT2D eigenvalue weighted by Gasteiger charge is 2.28. The first-order chi connectivity index (χ1) is 7.28. The minimum atomic E-state index is -1.07. The molecule has 1 fully saturated rings. The minimum Gasteiger partial charge on any atom is -0.444 e. The van der Waals surface area contributed by atoms with Crippen LogP contribution in [0.5, 0.6) is 0 Å². The molecule has 1 rings (SSSR count). The number of nitrogens with one attached hydrogen (secondary N) is 3. The van der Waals surface area contributed by atoms with Gasteiger partial charge in [0.15, 0.2) is 6.17 Å². The summed E-state index contributed by atoms with van der Waals surface area (Å²) in [6.45, 7) is 5.02. The van der Waals surface area contributed by atoms with Gasteiger partial charge in [0.2, 0.25) is 5.91 Å². The summed E-state index contributed by atoms with van der Waals surface area (Å²) >= 11 is 0. The number of rotatable bonds is 1. The zero-order chi connectivity index (χ0) is 12.3. The highest BCUT2D eigenvalue weighted by atomic mass is 16.6. The van der Waals surface area contributed by atoms with Gasteiger partial charge in [-0.25, -0.2) is 4.79 Å². The normalized spacial score (nSPS) is 20.8. The second-order valence-corrected chi connectivity index (χ2v) is 4.36. The van der Waals surface area contributed by atoms with Crippen LogP contribution in [-0.2, 0) is 14.3 Å². The van der Waals surface area contributed by atoms with Gasteiger partial charge in [0.25, 0.3) is 5.91 Å². The predicted octanol–water partition coefficient (Wildman–Crippen LogP) is -0.917. The Morgan fingerprint density at radius 2 is 2.06 bits per heavy atom. The van der Waals surface area contributed by atoms with E-state index >= 15 is 0 Å². The molecule has 0 aliphatic carbocycles.